The first-order valence-electron chi connectivity index (χ1n) is 7.71. The summed E-state index contributed by atoms with van der Waals surface area (Å²) in [5.74, 6) is 0.592. The molecule has 0 fully saturated rings. The molecule has 0 aromatic heterocycles. The van der Waals surface area contributed by atoms with Gasteiger partial charge in [0, 0.05) is 10.6 Å². The zero-order chi connectivity index (χ0) is 16.9. The van der Waals surface area contributed by atoms with Crippen LogP contribution >= 0.6 is 11.8 Å². The number of carbonyl (C=O) groups is 2. The summed E-state index contributed by atoms with van der Waals surface area (Å²) in [5, 5.41) is 5.57. The summed E-state index contributed by atoms with van der Waals surface area (Å²) in [7, 11) is 0. The number of hydrogen-bond acceptors (Lipinski definition) is 4. The number of para-hydroxylation sites is 1. The maximum atomic E-state index is 12.0. The third-order valence-corrected chi connectivity index (χ3v) is 4.71. The number of thioether (sulfide) groups is 1. The summed E-state index contributed by atoms with van der Waals surface area (Å²) in [6.45, 7) is 2.18. The number of amides is 2. The smallest absolute Gasteiger partial charge is 0.237 e. The SMILES string of the molecule is CC1Sc2ccc(NC(=O)CCOc3ccccc3)cc2NC1=O. The summed E-state index contributed by atoms with van der Waals surface area (Å²) in [6, 6.07) is 14.9. The second-order valence-electron chi connectivity index (χ2n) is 5.42. The lowest BCUT2D eigenvalue weighted by atomic mass is 10.2. The molecule has 124 valence electrons. The van der Waals surface area contributed by atoms with Gasteiger partial charge in [-0.1, -0.05) is 18.2 Å². The molecule has 5 nitrogen and oxygen atoms in total. The lowest BCUT2D eigenvalue weighted by Crippen LogP contribution is -2.26. The van der Waals surface area contributed by atoms with Gasteiger partial charge in [0.1, 0.15) is 5.75 Å². The van der Waals surface area contributed by atoms with Crippen LogP contribution < -0.4 is 15.4 Å². The first-order valence-corrected chi connectivity index (χ1v) is 8.59. The van der Waals surface area contributed by atoms with E-state index >= 15 is 0 Å². The van der Waals surface area contributed by atoms with E-state index in [2.05, 4.69) is 10.6 Å². The molecule has 1 atom stereocenters. The average molecular weight is 342 g/mol. The van der Waals surface area contributed by atoms with Gasteiger partial charge < -0.3 is 15.4 Å². The summed E-state index contributed by atoms with van der Waals surface area (Å²) in [6.07, 6.45) is 0.254. The predicted molar refractivity (Wildman–Crippen MR) is 95.6 cm³/mol. The minimum atomic E-state index is -0.131. The van der Waals surface area contributed by atoms with Crippen LogP contribution in [0, 0.1) is 0 Å². The van der Waals surface area contributed by atoms with Gasteiger partial charge in [0.25, 0.3) is 0 Å². The summed E-state index contributed by atoms with van der Waals surface area (Å²) < 4.78 is 5.51. The number of benzene rings is 2. The fourth-order valence-corrected chi connectivity index (χ4v) is 3.22. The van der Waals surface area contributed by atoms with Crippen molar-refractivity contribution >= 4 is 35.0 Å². The van der Waals surface area contributed by atoms with Gasteiger partial charge in [0.05, 0.1) is 24.0 Å². The highest BCUT2D eigenvalue weighted by Gasteiger charge is 2.23. The molecule has 2 N–H and O–H groups in total. The molecule has 0 saturated heterocycles. The van der Waals surface area contributed by atoms with Crippen molar-refractivity contribution in [2.24, 2.45) is 0 Å². The minimum Gasteiger partial charge on any atom is -0.493 e. The Balaban J connectivity index is 1.53. The van der Waals surface area contributed by atoms with Crippen LogP contribution in [0.1, 0.15) is 13.3 Å². The molecular weight excluding hydrogens is 324 g/mol. The first-order chi connectivity index (χ1) is 11.6. The molecule has 0 saturated carbocycles. The van der Waals surface area contributed by atoms with Crippen molar-refractivity contribution in [1.29, 1.82) is 0 Å². The molecule has 1 unspecified atom stereocenters. The third kappa shape index (κ3) is 4.08. The van der Waals surface area contributed by atoms with Crippen LogP contribution in [-0.2, 0) is 9.59 Å². The molecule has 1 aliphatic rings. The zero-order valence-electron chi connectivity index (χ0n) is 13.2. The summed E-state index contributed by atoms with van der Waals surface area (Å²) in [4.78, 5) is 24.7. The monoisotopic (exact) mass is 342 g/mol. The highest BCUT2D eigenvalue weighted by Crippen LogP contribution is 2.36. The topological polar surface area (TPSA) is 67.4 Å². The van der Waals surface area contributed by atoms with Crippen LogP contribution in [0.4, 0.5) is 11.4 Å². The molecule has 2 amide bonds. The van der Waals surface area contributed by atoms with E-state index in [9.17, 15) is 9.59 Å². The van der Waals surface area contributed by atoms with E-state index in [1.807, 2.05) is 49.4 Å². The lowest BCUT2D eigenvalue weighted by Gasteiger charge is -2.22. The number of nitrogens with one attached hydrogen (secondary N) is 2. The average Bonchev–Trinajstić information content (AvgIpc) is 2.57. The Morgan fingerprint density at radius 2 is 2.04 bits per heavy atom. The van der Waals surface area contributed by atoms with Crippen molar-refractivity contribution in [2.45, 2.75) is 23.5 Å². The number of rotatable bonds is 5. The Morgan fingerprint density at radius 1 is 1.25 bits per heavy atom. The number of ether oxygens (including phenoxy) is 1. The highest BCUT2D eigenvalue weighted by atomic mass is 32.2. The van der Waals surface area contributed by atoms with Crippen molar-refractivity contribution in [3.63, 3.8) is 0 Å². The molecule has 2 aromatic rings. The van der Waals surface area contributed by atoms with Crippen molar-refractivity contribution in [3.8, 4) is 5.75 Å². The Kier molecular flexibility index (Phi) is 5.05. The van der Waals surface area contributed by atoms with Crippen LogP contribution in [0.25, 0.3) is 0 Å². The highest BCUT2D eigenvalue weighted by molar-refractivity contribution is 8.00. The Hall–Kier alpha value is -2.47. The molecule has 0 bridgehead atoms. The van der Waals surface area contributed by atoms with Gasteiger partial charge >= 0.3 is 0 Å². The summed E-state index contributed by atoms with van der Waals surface area (Å²) in [5.41, 5.74) is 1.40. The molecule has 1 heterocycles. The Labute approximate surface area is 144 Å². The van der Waals surface area contributed by atoms with E-state index in [1.54, 1.807) is 6.07 Å². The Bertz CT molecular complexity index is 749. The second-order valence-corrected chi connectivity index (χ2v) is 6.80. The number of hydrogen-bond donors (Lipinski definition) is 2. The quantitative estimate of drug-likeness (QED) is 0.872. The fourth-order valence-electron chi connectivity index (χ4n) is 2.29. The van der Waals surface area contributed by atoms with E-state index in [0.29, 0.717) is 12.3 Å². The second kappa shape index (κ2) is 7.40. The standard InChI is InChI=1S/C18H18N2O3S/c1-12-18(22)20-15-11-13(7-8-16(15)24-12)19-17(21)9-10-23-14-5-3-2-4-6-14/h2-8,11-12H,9-10H2,1H3,(H,19,21)(H,20,22). The largest absolute Gasteiger partial charge is 0.493 e. The molecule has 1 aliphatic heterocycles. The molecule has 3 rings (SSSR count). The Morgan fingerprint density at radius 3 is 2.83 bits per heavy atom. The molecular formula is C18H18N2O3S. The fraction of sp³-hybridized carbons (Fsp3) is 0.222. The maximum Gasteiger partial charge on any atom is 0.237 e. The molecule has 6 heteroatoms. The van der Waals surface area contributed by atoms with Gasteiger partial charge in [-0.05, 0) is 37.3 Å². The normalized spacial score (nSPS) is 16.0. The van der Waals surface area contributed by atoms with Crippen molar-refractivity contribution < 1.29 is 14.3 Å². The predicted octanol–water partition coefficient (Wildman–Crippen LogP) is 3.53. The lowest BCUT2D eigenvalue weighted by molar-refractivity contribution is -0.117. The van der Waals surface area contributed by atoms with Gasteiger partial charge in [0.15, 0.2) is 0 Å². The van der Waals surface area contributed by atoms with Crippen LogP contribution in [-0.4, -0.2) is 23.7 Å². The van der Waals surface area contributed by atoms with Gasteiger partial charge in [-0.2, -0.15) is 0 Å². The van der Waals surface area contributed by atoms with E-state index < -0.39 is 0 Å². The minimum absolute atomic E-state index is 0.0211. The van der Waals surface area contributed by atoms with Gasteiger partial charge in [-0.3, -0.25) is 9.59 Å². The zero-order valence-corrected chi connectivity index (χ0v) is 14.1. The molecule has 24 heavy (non-hydrogen) atoms. The summed E-state index contributed by atoms with van der Waals surface area (Å²) >= 11 is 1.51. The van der Waals surface area contributed by atoms with Crippen molar-refractivity contribution in [2.75, 3.05) is 17.2 Å². The van der Waals surface area contributed by atoms with Gasteiger partial charge in [-0.15, -0.1) is 11.8 Å². The number of fused-ring (bicyclic) bond motifs is 1. The van der Waals surface area contributed by atoms with Crippen LogP contribution in [0.2, 0.25) is 0 Å². The number of anilines is 2. The van der Waals surface area contributed by atoms with Gasteiger partial charge in [0.2, 0.25) is 11.8 Å². The van der Waals surface area contributed by atoms with E-state index in [-0.39, 0.29) is 23.5 Å². The number of carbonyl (C=O) groups excluding carboxylic acids is 2. The van der Waals surface area contributed by atoms with E-state index in [4.69, 9.17) is 4.74 Å². The third-order valence-electron chi connectivity index (χ3n) is 3.54. The molecule has 0 aliphatic carbocycles. The van der Waals surface area contributed by atoms with Crippen LogP contribution in [0.15, 0.2) is 53.4 Å². The van der Waals surface area contributed by atoms with Crippen molar-refractivity contribution in [1.82, 2.24) is 0 Å². The maximum absolute atomic E-state index is 12.0. The van der Waals surface area contributed by atoms with Crippen LogP contribution in [0.5, 0.6) is 5.75 Å². The van der Waals surface area contributed by atoms with Gasteiger partial charge in [-0.25, -0.2) is 0 Å². The molecule has 0 radical (unpaired) electrons. The molecule has 2 aromatic carbocycles. The van der Waals surface area contributed by atoms with Crippen LogP contribution in [0.3, 0.4) is 0 Å². The first kappa shape index (κ1) is 16.4. The van der Waals surface area contributed by atoms with E-state index in [0.717, 1.165) is 16.3 Å². The van der Waals surface area contributed by atoms with Crippen molar-refractivity contribution in [3.05, 3.63) is 48.5 Å². The van der Waals surface area contributed by atoms with E-state index in [1.165, 1.54) is 11.8 Å². The molecule has 0 spiro atoms.